The first-order chi connectivity index (χ1) is 12.2. The molecule has 0 spiro atoms. The van der Waals surface area contributed by atoms with Gasteiger partial charge in [0, 0.05) is 31.0 Å². The van der Waals surface area contributed by atoms with Crippen LogP contribution in [0.1, 0.15) is 28.2 Å². The minimum Gasteiger partial charge on any atom is -0.378 e. The van der Waals surface area contributed by atoms with E-state index >= 15 is 0 Å². The predicted octanol–water partition coefficient (Wildman–Crippen LogP) is 2.21. The number of para-hydroxylation sites is 1. The smallest absolute Gasteiger partial charge is 0.277 e. The molecule has 0 atom stereocenters. The van der Waals surface area contributed by atoms with Gasteiger partial charge in [-0.1, -0.05) is 18.2 Å². The molecule has 0 aliphatic carbocycles. The summed E-state index contributed by atoms with van der Waals surface area (Å²) in [7, 11) is 0. The second kappa shape index (κ2) is 6.80. The highest BCUT2D eigenvalue weighted by Gasteiger charge is 2.25. The van der Waals surface area contributed by atoms with Crippen LogP contribution in [0.5, 0.6) is 0 Å². The van der Waals surface area contributed by atoms with Gasteiger partial charge < -0.3 is 14.5 Å². The summed E-state index contributed by atoms with van der Waals surface area (Å²) in [5, 5.41) is 0. The molecule has 0 saturated carbocycles. The molecule has 4 rings (SSSR count). The van der Waals surface area contributed by atoms with Gasteiger partial charge in [0.25, 0.3) is 5.91 Å². The van der Waals surface area contributed by atoms with Crippen LogP contribution in [-0.2, 0) is 11.2 Å². The lowest BCUT2D eigenvalue weighted by molar-refractivity contribution is 0.0980. The van der Waals surface area contributed by atoms with Crippen molar-refractivity contribution in [1.29, 1.82) is 0 Å². The number of amides is 1. The maximum Gasteiger partial charge on any atom is 0.277 e. The lowest BCUT2D eigenvalue weighted by atomic mass is 10.0. The van der Waals surface area contributed by atoms with Crippen molar-refractivity contribution in [2.24, 2.45) is 0 Å². The van der Waals surface area contributed by atoms with Gasteiger partial charge in [-0.15, -0.1) is 0 Å². The maximum atomic E-state index is 13.1. The zero-order chi connectivity index (χ0) is 17.2. The van der Waals surface area contributed by atoms with E-state index in [1.807, 2.05) is 30.0 Å². The summed E-state index contributed by atoms with van der Waals surface area (Å²) in [5.41, 5.74) is 3.50. The summed E-state index contributed by atoms with van der Waals surface area (Å²) in [5.74, 6) is 0.573. The Kier molecular flexibility index (Phi) is 4.36. The van der Waals surface area contributed by atoms with Crippen molar-refractivity contribution < 1.29 is 9.53 Å². The number of nitrogens with zero attached hydrogens (tertiary/aromatic N) is 4. The molecule has 6 nitrogen and oxygen atoms in total. The van der Waals surface area contributed by atoms with E-state index in [-0.39, 0.29) is 5.91 Å². The number of ether oxygens (including phenoxy) is 1. The first kappa shape index (κ1) is 16.0. The van der Waals surface area contributed by atoms with Crippen LogP contribution in [0.4, 0.5) is 11.6 Å². The van der Waals surface area contributed by atoms with E-state index in [1.54, 1.807) is 6.07 Å². The van der Waals surface area contributed by atoms with Crippen LogP contribution in [-0.4, -0.2) is 48.7 Å². The van der Waals surface area contributed by atoms with Crippen LogP contribution in [0.3, 0.4) is 0 Å². The normalized spacial score (nSPS) is 17.3. The molecule has 1 amide bonds. The Morgan fingerprint density at radius 3 is 2.76 bits per heavy atom. The summed E-state index contributed by atoms with van der Waals surface area (Å²) in [6.07, 6.45) is 1.99. The van der Waals surface area contributed by atoms with Crippen molar-refractivity contribution in [2.75, 3.05) is 42.6 Å². The van der Waals surface area contributed by atoms with Crippen molar-refractivity contribution in [3.8, 4) is 0 Å². The summed E-state index contributed by atoms with van der Waals surface area (Å²) >= 11 is 0. The van der Waals surface area contributed by atoms with E-state index in [0.717, 1.165) is 43.9 Å². The molecule has 2 aliphatic rings. The molecule has 6 heteroatoms. The van der Waals surface area contributed by atoms with Crippen LogP contribution in [0.2, 0.25) is 0 Å². The Hall–Kier alpha value is -2.47. The van der Waals surface area contributed by atoms with Crippen molar-refractivity contribution >= 4 is 17.5 Å². The minimum atomic E-state index is -0.0489. The number of aromatic nitrogens is 2. The summed E-state index contributed by atoms with van der Waals surface area (Å²) in [4.78, 5) is 26.2. The number of carbonyl (C=O) groups excluding carboxylic acids is 1. The van der Waals surface area contributed by atoms with E-state index in [0.29, 0.717) is 24.9 Å². The monoisotopic (exact) mass is 338 g/mol. The molecule has 0 unspecified atom stereocenters. The molecule has 1 fully saturated rings. The van der Waals surface area contributed by atoms with Gasteiger partial charge in [-0.2, -0.15) is 0 Å². The number of hydrogen-bond acceptors (Lipinski definition) is 5. The second-order valence-corrected chi connectivity index (χ2v) is 6.48. The van der Waals surface area contributed by atoms with E-state index in [2.05, 4.69) is 20.9 Å². The van der Waals surface area contributed by atoms with Crippen LogP contribution in [0.15, 0.2) is 30.3 Å². The first-order valence-corrected chi connectivity index (χ1v) is 8.80. The summed E-state index contributed by atoms with van der Waals surface area (Å²) in [6, 6.07) is 9.90. The Morgan fingerprint density at radius 2 is 1.92 bits per heavy atom. The predicted molar refractivity (Wildman–Crippen MR) is 96.2 cm³/mol. The Bertz CT molecular complexity index is 787. The SMILES string of the molecule is Cc1cc(C(=O)N2CCCc3ccccc32)nc(N2CCOCC2)n1. The molecule has 1 aromatic heterocycles. The van der Waals surface area contributed by atoms with Crippen molar-refractivity contribution in [2.45, 2.75) is 19.8 Å². The van der Waals surface area contributed by atoms with E-state index in [4.69, 9.17) is 4.74 Å². The first-order valence-electron chi connectivity index (χ1n) is 8.80. The molecular weight excluding hydrogens is 316 g/mol. The van der Waals surface area contributed by atoms with E-state index in [9.17, 15) is 4.79 Å². The molecule has 0 N–H and O–H groups in total. The quantitative estimate of drug-likeness (QED) is 0.840. The topological polar surface area (TPSA) is 58.6 Å². The number of anilines is 2. The number of morpholine rings is 1. The zero-order valence-corrected chi connectivity index (χ0v) is 14.4. The van der Waals surface area contributed by atoms with Gasteiger partial charge in [0.2, 0.25) is 5.95 Å². The highest BCUT2D eigenvalue weighted by molar-refractivity contribution is 6.05. The van der Waals surface area contributed by atoms with Gasteiger partial charge in [-0.05, 0) is 37.5 Å². The number of aryl methyl sites for hydroxylation is 2. The van der Waals surface area contributed by atoms with Crippen LogP contribution < -0.4 is 9.80 Å². The third-order valence-corrected chi connectivity index (χ3v) is 4.71. The summed E-state index contributed by atoms with van der Waals surface area (Å²) < 4.78 is 5.39. The van der Waals surface area contributed by atoms with Crippen molar-refractivity contribution in [1.82, 2.24) is 9.97 Å². The van der Waals surface area contributed by atoms with Gasteiger partial charge in [0.15, 0.2) is 0 Å². The molecule has 2 aromatic rings. The third-order valence-electron chi connectivity index (χ3n) is 4.71. The zero-order valence-electron chi connectivity index (χ0n) is 14.4. The molecule has 3 heterocycles. The molecule has 2 aliphatic heterocycles. The van der Waals surface area contributed by atoms with E-state index in [1.165, 1.54) is 5.56 Å². The molecular formula is C19H22N4O2. The Labute approximate surface area is 147 Å². The number of fused-ring (bicyclic) bond motifs is 1. The van der Waals surface area contributed by atoms with Gasteiger partial charge in [-0.25, -0.2) is 9.97 Å². The van der Waals surface area contributed by atoms with Crippen molar-refractivity contribution in [3.05, 3.63) is 47.3 Å². The van der Waals surface area contributed by atoms with Gasteiger partial charge in [0.05, 0.1) is 13.2 Å². The number of carbonyl (C=O) groups is 1. The average Bonchev–Trinajstić information content (AvgIpc) is 2.67. The fourth-order valence-corrected chi connectivity index (χ4v) is 3.45. The van der Waals surface area contributed by atoms with Crippen molar-refractivity contribution in [3.63, 3.8) is 0 Å². The highest BCUT2D eigenvalue weighted by atomic mass is 16.5. The standard InChI is InChI=1S/C19H22N4O2/c1-14-13-16(21-19(20-14)22-9-11-25-12-10-22)18(24)23-8-4-6-15-5-2-3-7-17(15)23/h2-3,5,7,13H,4,6,8-12H2,1H3. The summed E-state index contributed by atoms with van der Waals surface area (Å²) in [6.45, 7) is 5.48. The van der Waals surface area contributed by atoms with E-state index < -0.39 is 0 Å². The molecule has 1 saturated heterocycles. The lowest BCUT2D eigenvalue weighted by Crippen LogP contribution is -2.39. The Morgan fingerprint density at radius 1 is 1.12 bits per heavy atom. The number of rotatable bonds is 2. The molecule has 1 aromatic carbocycles. The molecule has 0 bridgehead atoms. The highest BCUT2D eigenvalue weighted by Crippen LogP contribution is 2.28. The van der Waals surface area contributed by atoms with Gasteiger partial charge in [-0.3, -0.25) is 4.79 Å². The van der Waals surface area contributed by atoms with Crippen LogP contribution >= 0.6 is 0 Å². The molecule has 25 heavy (non-hydrogen) atoms. The van der Waals surface area contributed by atoms with Gasteiger partial charge in [0.1, 0.15) is 5.69 Å². The van der Waals surface area contributed by atoms with Gasteiger partial charge >= 0.3 is 0 Å². The number of hydrogen-bond donors (Lipinski definition) is 0. The molecule has 130 valence electrons. The van der Waals surface area contributed by atoms with Crippen LogP contribution in [0, 0.1) is 6.92 Å². The fourth-order valence-electron chi connectivity index (χ4n) is 3.45. The maximum absolute atomic E-state index is 13.1. The lowest BCUT2D eigenvalue weighted by Gasteiger charge is -2.30. The van der Waals surface area contributed by atoms with Crippen LogP contribution in [0.25, 0.3) is 0 Å². The second-order valence-electron chi connectivity index (χ2n) is 6.48. The average molecular weight is 338 g/mol. The number of benzene rings is 1. The minimum absolute atomic E-state index is 0.0489. The Balaban J connectivity index is 1.65. The fraction of sp³-hybridized carbons (Fsp3) is 0.421. The third kappa shape index (κ3) is 3.22. The largest absolute Gasteiger partial charge is 0.378 e. The molecule has 0 radical (unpaired) electrons.